The number of carbonyl (C=O) groups excluding carboxylic acids is 1. The zero-order valence-corrected chi connectivity index (χ0v) is 11.3. The Kier molecular flexibility index (Phi) is 4.99. The average Bonchev–Trinajstić information content (AvgIpc) is 2.34. The molecule has 0 aliphatic rings. The van der Waals surface area contributed by atoms with Crippen LogP contribution in [-0.4, -0.2) is 18.5 Å². The van der Waals surface area contributed by atoms with E-state index in [1.807, 2.05) is 13.8 Å². The van der Waals surface area contributed by atoms with Crippen molar-refractivity contribution in [2.45, 2.75) is 26.1 Å². The number of carbonyl (C=O) groups is 1. The minimum absolute atomic E-state index is 0.157. The smallest absolute Gasteiger partial charge is 0.381 e. The number of rotatable bonds is 5. The maximum absolute atomic E-state index is 12.9. The Labute approximate surface area is 115 Å². The van der Waals surface area contributed by atoms with Crippen molar-refractivity contribution < 1.29 is 18.0 Å². The first-order valence-electron chi connectivity index (χ1n) is 6.14. The third-order valence-corrected chi connectivity index (χ3v) is 3.00. The van der Waals surface area contributed by atoms with Crippen molar-refractivity contribution in [2.24, 2.45) is 17.4 Å². The fourth-order valence-corrected chi connectivity index (χ4v) is 1.80. The van der Waals surface area contributed by atoms with Crippen LogP contribution in [0.25, 0.3) is 0 Å². The van der Waals surface area contributed by atoms with E-state index in [0.29, 0.717) is 0 Å². The number of halogens is 3. The van der Waals surface area contributed by atoms with Gasteiger partial charge in [-0.3, -0.25) is 4.79 Å². The molecule has 0 aromatic heterocycles. The van der Waals surface area contributed by atoms with E-state index in [2.05, 4.69) is 5.32 Å². The molecule has 1 unspecified atom stereocenters. The third-order valence-electron chi connectivity index (χ3n) is 3.00. The molecule has 0 aliphatic heterocycles. The summed E-state index contributed by atoms with van der Waals surface area (Å²) >= 11 is 0. The summed E-state index contributed by atoms with van der Waals surface area (Å²) in [7, 11) is 0. The number of hydrogen-bond donors (Lipinski definition) is 3. The quantitative estimate of drug-likeness (QED) is 0.777. The van der Waals surface area contributed by atoms with Crippen molar-refractivity contribution in [2.75, 3.05) is 11.9 Å². The van der Waals surface area contributed by atoms with Gasteiger partial charge in [-0.25, -0.2) is 0 Å². The van der Waals surface area contributed by atoms with Crippen LogP contribution in [0, 0.1) is 5.92 Å². The molecule has 0 spiro atoms. The Hall–Kier alpha value is -1.76. The summed E-state index contributed by atoms with van der Waals surface area (Å²) < 4.78 is 38.7. The maximum atomic E-state index is 12.9. The lowest BCUT2D eigenvalue weighted by Crippen LogP contribution is -2.33. The van der Waals surface area contributed by atoms with Crippen molar-refractivity contribution >= 4 is 11.6 Å². The van der Waals surface area contributed by atoms with Gasteiger partial charge in [-0.05, 0) is 24.1 Å². The van der Waals surface area contributed by atoms with E-state index in [-0.39, 0.29) is 24.2 Å². The molecule has 5 N–H and O–H groups in total. The fourth-order valence-electron chi connectivity index (χ4n) is 1.80. The first kappa shape index (κ1) is 16.3. The van der Waals surface area contributed by atoms with Crippen LogP contribution in [0.5, 0.6) is 0 Å². The van der Waals surface area contributed by atoms with Gasteiger partial charge in [0.15, 0.2) is 0 Å². The highest BCUT2D eigenvalue weighted by Gasteiger charge is 2.35. The van der Waals surface area contributed by atoms with Gasteiger partial charge < -0.3 is 16.8 Å². The lowest BCUT2D eigenvalue weighted by molar-refractivity contribution is -0.137. The molecule has 0 bridgehead atoms. The van der Waals surface area contributed by atoms with Gasteiger partial charge in [-0.15, -0.1) is 0 Å². The first-order chi connectivity index (χ1) is 9.16. The molecule has 4 nitrogen and oxygen atoms in total. The van der Waals surface area contributed by atoms with Gasteiger partial charge in [0.1, 0.15) is 0 Å². The standard InChI is InChI=1S/C13H18F3N3O/c1-7(2)11(6-17)19-8-3-4-9(12(18)20)10(5-8)13(14,15)16/h3-5,7,11,19H,6,17H2,1-2H3,(H2,18,20). The number of hydrogen-bond acceptors (Lipinski definition) is 3. The third kappa shape index (κ3) is 3.86. The second-order valence-electron chi connectivity index (χ2n) is 4.85. The van der Waals surface area contributed by atoms with Gasteiger partial charge in [0.2, 0.25) is 5.91 Å². The predicted molar refractivity (Wildman–Crippen MR) is 71.3 cm³/mol. The number of amides is 1. The van der Waals surface area contributed by atoms with Crippen molar-refractivity contribution in [3.63, 3.8) is 0 Å². The van der Waals surface area contributed by atoms with Gasteiger partial charge in [0.25, 0.3) is 0 Å². The first-order valence-corrected chi connectivity index (χ1v) is 6.14. The number of primary amides is 1. The molecule has 0 saturated heterocycles. The molecule has 1 aromatic rings. The Morgan fingerprint density at radius 3 is 2.35 bits per heavy atom. The van der Waals surface area contributed by atoms with E-state index in [9.17, 15) is 18.0 Å². The van der Waals surface area contributed by atoms with Crippen molar-refractivity contribution in [3.05, 3.63) is 29.3 Å². The number of nitrogens with one attached hydrogen (secondary N) is 1. The molecule has 1 amide bonds. The molecule has 0 radical (unpaired) electrons. The second-order valence-corrected chi connectivity index (χ2v) is 4.85. The Bertz CT molecular complexity index is 486. The van der Waals surface area contributed by atoms with Crippen molar-refractivity contribution in [3.8, 4) is 0 Å². The van der Waals surface area contributed by atoms with Gasteiger partial charge in [0, 0.05) is 18.3 Å². The zero-order valence-electron chi connectivity index (χ0n) is 11.3. The molecular formula is C13H18F3N3O. The van der Waals surface area contributed by atoms with Crippen LogP contribution >= 0.6 is 0 Å². The van der Waals surface area contributed by atoms with E-state index in [4.69, 9.17) is 11.5 Å². The van der Waals surface area contributed by atoms with E-state index in [1.165, 1.54) is 6.07 Å². The number of anilines is 1. The topological polar surface area (TPSA) is 81.1 Å². The van der Waals surface area contributed by atoms with Crippen LogP contribution < -0.4 is 16.8 Å². The summed E-state index contributed by atoms with van der Waals surface area (Å²) in [4.78, 5) is 11.0. The molecule has 7 heteroatoms. The molecular weight excluding hydrogens is 271 g/mol. The lowest BCUT2D eigenvalue weighted by Gasteiger charge is -2.22. The summed E-state index contributed by atoms with van der Waals surface area (Å²) in [6.45, 7) is 4.11. The van der Waals surface area contributed by atoms with Gasteiger partial charge in [-0.2, -0.15) is 13.2 Å². The number of alkyl halides is 3. The summed E-state index contributed by atoms with van der Waals surface area (Å²) in [6.07, 6.45) is -4.64. The van der Waals surface area contributed by atoms with Crippen LogP contribution in [0.4, 0.5) is 18.9 Å². The average molecular weight is 289 g/mol. The normalized spacial score (nSPS) is 13.3. The highest BCUT2D eigenvalue weighted by Crippen LogP contribution is 2.34. The number of benzene rings is 1. The molecule has 0 saturated carbocycles. The molecule has 0 aliphatic carbocycles. The highest BCUT2D eigenvalue weighted by atomic mass is 19.4. The van der Waals surface area contributed by atoms with Gasteiger partial charge in [-0.1, -0.05) is 13.8 Å². The van der Waals surface area contributed by atoms with Gasteiger partial charge >= 0.3 is 6.18 Å². The van der Waals surface area contributed by atoms with Crippen molar-refractivity contribution in [1.29, 1.82) is 0 Å². The Morgan fingerprint density at radius 1 is 1.35 bits per heavy atom. The Morgan fingerprint density at radius 2 is 1.95 bits per heavy atom. The summed E-state index contributed by atoms with van der Waals surface area (Å²) in [6, 6.07) is 3.18. The fraction of sp³-hybridized carbons (Fsp3) is 0.462. The highest BCUT2D eigenvalue weighted by molar-refractivity contribution is 5.95. The zero-order chi connectivity index (χ0) is 15.5. The van der Waals surface area contributed by atoms with E-state index in [1.54, 1.807) is 0 Å². The van der Waals surface area contributed by atoms with Crippen LogP contribution in [0.15, 0.2) is 18.2 Å². The van der Waals surface area contributed by atoms with Crippen LogP contribution in [0.1, 0.15) is 29.8 Å². The monoisotopic (exact) mass is 289 g/mol. The van der Waals surface area contributed by atoms with E-state index in [0.717, 1.165) is 12.1 Å². The molecule has 20 heavy (non-hydrogen) atoms. The maximum Gasteiger partial charge on any atom is 0.417 e. The second kappa shape index (κ2) is 6.13. The lowest BCUT2D eigenvalue weighted by atomic mass is 10.0. The summed E-state index contributed by atoms with van der Waals surface area (Å²) in [5, 5.41) is 2.93. The van der Waals surface area contributed by atoms with Crippen LogP contribution in [-0.2, 0) is 6.18 Å². The van der Waals surface area contributed by atoms with E-state index >= 15 is 0 Å². The largest absolute Gasteiger partial charge is 0.417 e. The van der Waals surface area contributed by atoms with Crippen LogP contribution in [0.3, 0.4) is 0 Å². The van der Waals surface area contributed by atoms with E-state index < -0.39 is 23.2 Å². The summed E-state index contributed by atoms with van der Waals surface area (Å²) in [5.41, 5.74) is 9.19. The molecule has 1 atom stereocenters. The van der Waals surface area contributed by atoms with Gasteiger partial charge in [0.05, 0.1) is 11.1 Å². The molecule has 1 rings (SSSR count). The minimum Gasteiger partial charge on any atom is -0.381 e. The Balaban J connectivity index is 3.16. The predicted octanol–water partition coefficient (Wildman–Crippen LogP) is 2.20. The number of nitrogens with two attached hydrogens (primary N) is 2. The minimum atomic E-state index is -4.64. The molecule has 1 aromatic carbocycles. The molecule has 112 valence electrons. The molecule has 0 fully saturated rings. The van der Waals surface area contributed by atoms with Crippen LogP contribution in [0.2, 0.25) is 0 Å². The summed E-state index contributed by atoms with van der Waals surface area (Å²) in [5.74, 6) is -0.951. The SMILES string of the molecule is CC(C)C(CN)Nc1ccc(C(N)=O)c(C(F)(F)F)c1. The molecule has 0 heterocycles. The van der Waals surface area contributed by atoms with Crippen molar-refractivity contribution in [1.82, 2.24) is 0 Å².